The van der Waals surface area contributed by atoms with E-state index in [4.69, 9.17) is 11.6 Å². The van der Waals surface area contributed by atoms with Gasteiger partial charge >= 0.3 is 0 Å². The van der Waals surface area contributed by atoms with E-state index in [0.717, 1.165) is 28.3 Å². The molecular weight excluding hydrogens is 220 g/mol. The Morgan fingerprint density at radius 3 is 2.75 bits per heavy atom. The van der Waals surface area contributed by atoms with Crippen molar-refractivity contribution in [1.82, 2.24) is 10.3 Å². The molecule has 1 N–H and O–H groups in total. The molecule has 1 aromatic carbocycles. The fourth-order valence-corrected chi connectivity index (χ4v) is 1.84. The average Bonchev–Trinajstić information content (AvgIpc) is 2.33. The zero-order valence-corrected chi connectivity index (χ0v) is 9.83. The number of hydrogen-bond donors (Lipinski definition) is 1. The van der Waals surface area contributed by atoms with Crippen LogP contribution in [0.4, 0.5) is 0 Å². The van der Waals surface area contributed by atoms with Crippen molar-refractivity contribution < 1.29 is 0 Å². The Kier molecular flexibility index (Phi) is 3.54. The molecule has 16 heavy (non-hydrogen) atoms. The molecule has 2 nitrogen and oxygen atoms in total. The molecule has 2 rings (SSSR count). The lowest BCUT2D eigenvalue weighted by Crippen LogP contribution is -2.05. The highest BCUT2D eigenvalue weighted by Gasteiger charge is 2.02. The molecule has 0 aliphatic heterocycles. The summed E-state index contributed by atoms with van der Waals surface area (Å²) in [5.41, 5.74) is 3.29. The van der Waals surface area contributed by atoms with Gasteiger partial charge in [-0.05, 0) is 30.3 Å². The molecule has 0 fully saturated rings. The Morgan fingerprint density at radius 1 is 1.25 bits per heavy atom. The molecule has 0 bridgehead atoms. The molecule has 0 saturated carbocycles. The molecule has 0 aliphatic rings. The second kappa shape index (κ2) is 5.10. The van der Waals surface area contributed by atoms with Crippen LogP contribution in [0.25, 0.3) is 11.1 Å². The van der Waals surface area contributed by atoms with Crippen molar-refractivity contribution in [2.75, 3.05) is 7.05 Å². The summed E-state index contributed by atoms with van der Waals surface area (Å²) in [6, 6.07) is 10.0. The minimum absolute atomic E-state index is 0.784. The highest BCUT2D eigenvalue weighted by atomic mass is 35.5. The molecule has 0 unspecified atom stereocenters. The maximum Gasteiger partial charge on any atom is 0.0457 e. The Balaban J connectivity index is 2.35. The van der Waals surface area contributed by atoms with Gasteiger partial charge < -0.3 is 5.32 Å². The fourth-order valence-electron chi connectivity index (χ4n) is 1.59. The average molecular weight is 233 g/mol. The van der Waals surface area contributed by atoms with E-state index in [2.05, 4.69) is 16.4 Å². The third-order valence-electron chi connectivity index (χ3n) is 2.42. The van der Waals surface area contributed by atoms with Gasteiger partial charge in [-0.15, -0.1) is 0 Å². The van der Waals surface area contributed by atoms with E-state index in [1.54, 1.807) is 6.20 Å². The van der Waals surface area contributed by atoms with Crippen molar-refractivity contribution in [3.63, 3.8) is 0 Å². The molecule has 0 radical (unpaired) electrons. The normalized spacial score (nSPS) is 10.4. The van der Waals surface area contributed by atoms with Gasteiger partial charge in [-0.1, -0.05) is 29.8 Å². The van der Waals surface area contributed by atoms with E-state index >= 15 is 0 Å². The van der Waals surface area contributed by atoms with Gasteiger partial charge in [-0.2, -0.15) is 0 Å². The van der Waals surface area contributed by atoms with Gasteiger partial charge in [0.15, 0.2) is 0 Å². The SMILES string of the molecule is CNCc1ccc(-c2cccnc2)cc1Cl. The van der Waals surface area contributed by atoms with Gasteiger partial charge in [0, 0.05) is 29.5 Å². The van der Waals surface area contributed by atoms with Crippen LogP contribution in [0.3, 0.4) is 0 Å². The van der Waals surface area contributed by atoms with E-state index in [-0.39, 0.29) is 0 Å². The molecule has 0 aliphatic carbocycles. The van der Waals surface area contributed by atoms with Crippen molar-refractivity contribution in [1.29, 1.82) is 0 Å². The lowest BCUT2D eigenvalue weighted by molar-refractivity contribution is 0.818. The van der Waals surface area contributed by atoms with Gasteiger partial charge in [0.25, 0.3) is 0 Å². The third-order valence-corrected chi connectivity index (χ3v) is 2.77. The smallest absolute Gasteiger partial charge is 0.0457 e. The lowest BCUT2D eigenvalue weighted by Gasteiger charge is -2.06. The summed E-state index contributed by atoms with van der Waals surface area (Å²) in [5.74, 6) is 0. The molecule has 0 amide bonds. The zero-order chi connectivity index (χ0) is 11.4. The number of hydrogen-bond acceptors (Lipinski definition) is 2. The molecule has 1 aromatic heterocycles. The lowest BCUT2D eigenvalue weighted by atomic mass is 10.1. The standard InChI is InChI=1S/C13H13ClN2/c1-15-8-12-5-4-10(7-13(12)14)11-3-2-6-16-9-11/h2-7,9,15H,8H2,1H3. The summed E-state index contributed by atoms with van der Waals surface area (Å²) >= 11 is 6.20. The monoisotopic (exact) mass is 232 g/mol. The van der Waals surface area contributed by atoms with Crippen LogP contribution in [-0.4, -0.2) is 12.0 Å². The molecule has 1 heterocycles. The van der Waals surface area contributed by atoms with Gasteiger partial charge in [0.05, 0.1) is 0 Å². The largest absolute Gasteiger partial charge is 0.316 e. The van der Waals surface area contributed by atoms with Crippen LogP contribution < -0.4 is 5.32 Å². The highest BCUT2D eigenvalue weighted by molar-refractivity contribution is 6.31. The minimum Gasteiger partial charge on any atom is -0.316 e. The first-order valence-electron chi connectivity index (χ1n) is 5.14. The fraction of sp³-hybridized carbons (Fsp3) is 0.154. The predicted octanol–water partition coefficient (Wildman–Crippen LogP) is 3.12. The Bertz CT molecular complexity index is 469. The number of pyridine rings is 1. The van der Waals surface area contributed by atoms with Crippen LogP contribution >= 0.6 is 11.6 Å². The van der Waals surface area contributed by atoms with E-state index in [9.17, 15) is 0 Å². The van der Waals surface area contributed by atoms with E-state index in [1.165, 1.54) is 0 Å². The first-order valence-corrected chi connectivity index (χ1v) is 5.52. The molecule has 0 saturated heterocycles. The number of nitrogens with one attached hydrogen (secondary N) is 1. The molecule has 2 aromatic rings. The van der Waals surface area contributed by atoms with E-state index in [0.29, 0.717) is 0 Å². The van der Waals surface area contributed by atoms with E-state index < -0.39 is 0 Å². The number of benzene rings is 1. The summed E-state index contributed by atoms with van der Waals surface area (Å²) < 4.78 is 0. The number of rotatable bonds is 3. The quantitative estimate of drug-likeness (QED) is 0.880. The topological polar surface area (TPSA) is 24.9 Å². The summed E-state index contributed by atoms with van der Waals surface area (Å²) in [4.78, 5) is 4.09. The van der Waals surface area contributed by atoms with E-state index in [1.807, 2.05) is 37.5 Å². The molecule has 3 heteroatoms. The van der Waals surface area contributed by atoms with Gasteiger partial charge in [-0.3, -0.25) is 4.98 Å². The Hall–Kier alpha value is -1.38. The summed E-state index contributed by atoms with van der Waals surface area (Å²) in [7, 11) is 1.91. The van der Waals surface area contributed by atoms with Crippen molar-refractivity contribution in [2.24, 2.45) is 0 Å². The summed E-state index contributed by atoms with van der Waals surface area (Å²) in [6.45, 7) is 0.784. The first kappa shape index (κ1) is 11.1. The summed E-state index contributed by atoms with van der Waals surface area (Å²) in [5, 5.41) is 3.87. The first-order chi connectivity index (χ1) is 7.81. The van der Waals surface area contributed by atoms with Crippen molar-refractivity contribution >= 4 is 11.6 Å². The van der Waals surface area contributed by atoms with Crippen LogP contribution in [0.1, 0.15) is 5.56 Å². The molecule has 82 valence electrons. The maximum atomic E-state index is 6.20. The number of halogens is 1. The van der Waals surface area contributed by atoms with Crippen LogP contribution in [0.15, 0.2) is 42.7 Å². The van der Waals surface area contributed by atoms with Crippen LogP contribution in [0.5, 0.6) is 0 Å². The van der Waals surface area contributed by atoms with Gasteiger partial charge in [0.1, 0.15) is 0 Å². The summed E-state index contributed by atoms with van der Waals surface area (Å²) in [6.07, 6.45) is 3.60. The molecule has 0 spiro atoms. The van der Waals surface area contributed by atoms with Crippen LogP contribution in [-0.2, 0) is 6.54 Å². The van der Waals surface area contributed by atoms with Gasteiger partial charge in [0.2, 0.25) is 0 Å². The zero-order valence-electron chi connectivity index (χ0n) is 9.07. The molecule has 0 atom stereocenters. The van der Waals surface area contributed by atoms with Crippen LogP contribution in [0.2, 0.25) is 5.02 Å². The number of aromatic nitrogens is 1. The number of nitrogens with zero attached hydrogens (tertiary/aromatic N) is 1. The van der Waals surface area contributed by atoms with Crippen molar-refractivity contribution in [3.05, 3.63) is 53.3 Å². The Morgan fingerprint density at radius 2 is 2.12 bits per heavy atom. The third kappa shape index (κ3) is 2.40. The van der Waals surface area contributed by atoms with Crippen molar-refractivity contribution in [3.8, 4) is 11.1 Å². The second-order valence-corrected chi connectivity index (χ2v) is 3.99. The minimum atomic E-state index is 0.784. The maximum absolute atomic E-state index is 6.20. The molecular formula is C13H13ClN2. The predicted molar refractivity (Wildman–Crippen MR) is 67.4 cm³/mol. The second-order valence-electron chi connectivity index (χ2n) is 3.58. The van der Waals surface area contributed by atoms with Crippen molar-refractivity contribution in [2.45, 2.75) is 6.54 Å². The van der Waals surface area contributed by atoms with Crippen LogP contribution in [0, 0.1) is 0 Å². The Labute approximate surface area is 100 Å². The highest BCUT2D eigenvalue weighted by Crippen LogP contribution is 2.24. The van der Waals surface area contributed by atoms with Gasteiger partial charge in [-0.25, -0.2) is 0 Å².